The number of benzene rings is 2. The Bertz CT molecular complexity index is 847. The summed E-state index contributed by atoms with van der Waals surface area (Å²) in [5, 5.41) is 1.14. The maximum atomic E-state index is 11.8. The van der Waals surface area contributed by atoms with Gasteiger partial charge in [-0.15, -0.1) is 0 Å². The van der Waals surface area contributed by atoms with Gasteiger partial charge in [0.15, 0.2) is 0 Å². The number of aromatic nitrogens is 1. The summed E-state index contributed by atoms with van der Waals surface area (Å²) < 4.78 is 12.2. The molecule has 23 heavy (non-hydrogen) atoms. The van der Waals surface area contributed by atoms with Gasteiger partial charge in [-0.05, 0) is 42.3 Å². The molecule has 2 aromatic carbocycles. The molecule has 0 saturated heterocycles. The molecule has 0 fully saturated rings. The van der Waals surface area contributed by atoms with E-state index in [9.17, 15) is 4.79 Å². The fourth-order valence-corrected chi connectivity index (χ4v) is 2.78. The van der Waals surface area contributed by atoms with E-state index >= 15 is 0 Å². The number of fused-ring (bicyclic) bond motifs is 1. The van der Waals surface area contributed by atoms with Gasteiger partial charge in [0.1, 0.15) is 5.75 Å². The van der Waals surface area contributed by atoms with E-state index in [1.165, 1.54) is 18.2 Å². The molecule has 0 radical (unpaired) electrons. The lowest BCUT2D eigenvalue weighted by Crippen LogP contribution is -2.02. The summed E-state index contributed by atoms with van der Waals surface area (Å²) in [7, 11) is 3.06. The minimum atomic E-state index is -0.318. The summed E-state index contributed by atoms with van der Waals surface area (Å²) in [4.78, 5) is 11.8. The van der Waals surface area contributed by atoms with E-state index < -0.39 is 0 Å². The first-order valence-electron chi connectivity index (χ1n) is 7.43. The second kappa shape index (κ2) is 6.16. The monoisotopic (exact) mass is 309 g/mol. The summed E-state index contributed by atoms with van der Waals surface area (Å²) in [6.07, 6.45) is 2.11. The standard InChI is InChI=1S/C19H19NO3/c1-13-11-20(12-14-4-7-16(22-2)8-5-14)18-10-15(19(21)23-3)6-9-17(13)18/h4-11H,12H2,1-3H3. The van der Waals surface area contributed by atoms with Gasteiger partial charge < -0.3 is 14.0 Å². The second-order valence-electron chi connectivity index (χ2n) is 5.51. The van der Waals surface area contributed by atoms with Crippen LogP contribution in [-0.4, -0.2) is 24.8 Å². The van der Waals surface area contributed by atoms with Crippen molar-refractivity contribution in [3.63, 3.8) is 0 Å². The number of rotatable bonds is 4. The van der Waals surface area contributed by atoms with Crippen LogP contribution in [0, 0.1) is 6.92 Å². The van der Waals surface area contributed by atoms with E-state index in [0.717, 1.165) is 23.2 Å². The van der Waals surface area contributed by atoms with E-state index in [-0.39, 0.29) is 5.97 Å². The molecule has 0 bridgehead atoms. The molecular weight excluding hydrogens is 290 g/mol. The van der Waals surface area contributed by atoms with Crippen LogP contribution in [0.3, 0.4) is 0 Å². The molecule has 1 aromatic heterocycles. The molecule has 0 aliphatic carbocycles. The van der Waals surface area contributed by atoms with Crippen LogP contribution in [0.15, 0.2) is 48.7 Å². The average molecular weight is 309 g/mol. The van der Waals surface area contributed by atoms with Gasteiger partial charge in [-0.1, -0.05) is 18.2 Å². The molecule has 0 atom stereocenters. The van der Waals surface area contributed by atoms with Crippen molar-refractivity contribution >= 4 is 16.9 Å². The SMILES string of the molecule is COC(=O)c1ccc2c(C)cn(Cc3ccc(OC)cc3)c2c1. The van der Waals surface area contributed by atoms with Gasteiger partial charge in [0, 0.05) is 23.6 Å². The average Bonchev–Trinajstić information content (AvgIpc) is 2.90. The molecule has 3 aromatic rings. The number of nitrogens with zero attached hydrogens (tertiary/aromatic N) is 1. The maximum Gasteiger partial charge on any atom is 0.337 e. The number of esters is 1. The normalized spacial score (nSPS) is 10.7. The van der Waals surface area contributed by atoms with E-state index in [4.69, 9.17) is 9.47 Å². The molecule has 0 unspecified atom stereocenters. The van der Waals surface area contributed by atoms with Gasteiger partial charge in [0.05, 0.1) is 19.8 Å². The molecule has 0 N–H and O–H groups in total. The number of carbonyl (C=O) groups excluding carboxylic acids is 1. The highest BCUT2D eigenvalue weighted by Gasteiger charge is 2.11. The van der Waals surface area contributed by atoms with Crippen molar-refractivity contribution in [1.82, 2.24) is 4.57 Å². The van der Waals surface area contributed by atoms with Crippen molar-refractivity contribution < 1.29 is 14.3 Å². The lowest BCUT2D eigenvalue weighted by molar-refractivity contribution is 0.0601. The quantitative estimate of drug-likeness (QED) is 0.688. The summed E-state index contributed by atoms with van der Waals surface area (Å²) in [5.41, 5.74) is 3.95. The molecule has 0 aliphatic rings. The third-order valence-corrected chi connectivity index (χ3v) is 4.01. The summed E-state index contributed by atoms with van der Waals surface area (Å²) in [6.45, 7) is 2.81. The Morgan fingerprint density at radius 2 is 1.83 bits per heavy atom. The van der Waals surface area contributed by atoms with Gasteiger partial charge in [-0.25, -0.2) is 4.79 Å². The lowest BCUT2D eigenvalue weighted by Gasteiger charge is -2.08. The van der Waals surface area contributed by atoms with Crippen molar-refractivity contribution in [2.45, 2.75) is 13.5 Å². The van der Waals surface area contributed by atoms with Gasteiger partial charge >= 0.3 is 5.97 Å². The number of carbonyl (C=O) groups is 1. The molecular formula is C19H19NO3. The van der Waals surface area contributed by atoms with Crippen LogP contribution >= 0.6 is 0 Å². The number of ether oxygens (including phenoxy) is 2. The predicted octanol–water partition coefficient (Wildman–Crippen LogP) is 3.79. The molecule has 4 heteroatoms. The molecule has 0 saturated carbocycles. The summed E-state index contributed by atoms with van der Waals surface area (Å²) in [5.74, 6) is 0.525. The second-order valence-corrected chi connectivity index (χ2v) is 5.51. The Morgan fingerprint density at radius 3 is 2.48 bits per heavy atom. The third kappa shape index (κ3) is 2.93. The molecule has 0 aliphatic heterocycles. The first-order valence-corrected chi connectivity index (χ1v) is 7.43. The molecule has 4 nitrogen and oxygen atoms in total. The van der Waals surface area contributed by atoms with Crippen molar-refractivity contribution in [2.24, 2.45) is 0 Å². The molecule has 3 rings (SSSR count). The molecule has 118 valence electrons. The van der Waals surface area contributed by atoms with E-state index in [1.807, 2.05) is 36.4 Å². The predicted molar refractivity (Wildman–Crippen MR) is 90.1 cm³/mol. The smallest absolute Gasteiger partial charge is 0.337 e. The highest BCUT2D eigenvalue weighted by molar-refractivity contribution is 5.95. The molecule has 0 spiro atoms. The van der Waals surface area contributed by atoms with E-state index in [1.54, 1.807) is 13.2 Å². The van der Waals surface area contributed by atoms with Crippen LogP contribution in [0.2, 0.25) is 0 Å². The van der Waals surface area contributed by atoms with Crippen LogP contribution in [0.5, 0.6) is 5.75 Å². The zero-order chi connectivity index (χ0) is 16.4. The molecule has 1 heterocycles. The van der Waals surface area contributed by atoms with E-state index in [0.29, 0.717) is 5.56 Å². The molecule has 0 amide bonds. The third-order valence-electron chi connectivity index (χ3n) is 4.01. The van der Waals surface area contributed by atoms with Crippen molar-refractivity contribution in [3.8, 4) is 5.75 Å². The van der Waals surface area contributed by atoms with Crippen LogP contribution in [-0.2, 0) is 11.3 Å². The van der Waals surface area contributed by atoms with Crippen molar-refractivity contribution in [3.05, 3.63) is 65.4 Å². The zero-order valence-corrected chi connectivity index (χ0v) is 13.5. The zero-order valence-electron chi connectivity index (χ0n) is 13.5. The van der Waals surface area contributed by atoms with Crippen LogP contribution < -0.4 is 4.74 Å². The van der Waals surface area contributed by atoms with Gasteiger partial charge in [0.2, 0.25) is 0 Å². The highest BCUT2D eigenvalue weighted by atomic mass is 16.5. The first-order chi connectivity index (χ1) is 11.1. The number of methoxy groups -OCH3 is 2. The fourth-order valence-electron chi connectivity index (χ4n) is 2.78. The topological polar surface area (TPSA) is 40.5 Å². The van der Waals surface area contributed by atoms with E-state index in [2.05, 4.69) is 17.7 Å². The summed E-state index contributed by atoms with van der Waals surface area (Å²) >= 11 is 0. The van der Waals surface area contributed by atoms with Crippen molar-refractivity contribution in [1.29, 1.82) is 0 Å². The summed E-state index contributed by atoms with van der Waals surface area (Å²) in [6, 6.07) is 13.7. The Kier molecular flexibility index (Phi) is 4.06. The highest BCUT2D eigenvalue weighted by Crippen LogP contribution is 2.24. The van der Waals surface area contributed by atoms with Gasteiger partial charge in [-0.2, -0.15) is 0 Å². The Balaban J connectivity index is 2.00. The van der Waals surface area contributed by atoms with Crippen LogP contribution in [0.1, 0.15) is 21.5 Å². The lowest BCUT2D eigenvalue weighted by atomic mass is 10.1. The Hall–Kier alpha value is -2.75. The fraction of sp³-hybridized carbons (Fsp3) is 0.211. The number of hydrogen-bond donors (Lipinski definition) is 0. The minimum Gasteiger partial charge on any atom is -0.497 e. The maximum absolute atomic E-state index is 11.8. The van der Waals surface area contributed by atoms with Crippen molar-refractivity contribution in [2.75, 3.05) is 14.2 Å². The minimum absolute atomic E-state index is 0.318. The van der Waals surface area contributed by atoms with Crippen LogP contribution in [0.25, 0.3) is 10.9 Å². The van der Waals surface area contributed by atoms with Crippen LogP contribution in [0.4, 0.5) is 0 Å². The first kappa shape index (κ1) is 15.2. The largest absolute Gasteiger partial charge is 0.497 e. The Morgan fingerprint density at radius 1 is 1.09 bits per heavy atom. The van der Waals surface area contributed by atoms with Gasteiger partial charge in [0.25, 0.3) is 0 Å². The number of hydrogen-bond acceptors (Lipinski definition) is 3. The Labute approximate surface area is 135 Å². The van der Waals surface area contributed by atoms with Gasteiger partial charge in [-0.3, -0.25) is 0 Å². The number of aryl methyl sites for hydroxylation is 1.